The lowest BCUT2D eigenvalue weighted by Crippen LogP contribution is -2.43. The van der Waals surface area contributed by atoms with E-state index in [1.807, 2.05) is 12.1 Å². The number of fused-ring (bicyclic) bond motifs is 2. The van der Waals surface area contributed by atoms with Crippen molar-refractivity contribution in [1.29, 1.82) is 0 Å². The van der Waals surface area contributed by atoms with E-state index in [0.29, 0.717) is 17.7 Å². The molecule has 4 heteroatoms. The van der Waals surface area contributed by atoms with E-state index in [4.69, 9.17) is 0 Å². The second-order valence-corrected chi connectivity index (χ2v) is 4.60. The van der Waals surface area contributed by atoms with Gasteiger partial charge >= 0.3 is 0 Å². The van der Waals surface area contributed by atoms with Gasteiger partial charge in [-0.05, 0) is 31.0 Å². The van der Waals surface area contributed by atoms with Crippen LogP contribution in [0.3, 0.4) is 0 Å². The maximum atomic E-state index is 11.9. The normalized spacial score (nSPS) is 31.6. The zero-order valence-corrected chi connectivity index (χ0v) is 9.10. The standard InChI is InChI=1S/C12H15N3O/c16-12(10-3-1-2-5-13-10)14-11-8-15-6-4-9(11)7-15/h1-3,5,9,11H,4,6-8H2,(H,14,16)/t9-,11?/m0/s1. The van der Waals surface area contributed by atoms with Gasteiger partial charge in [0.15, 0.2) is 0 Å². The Bertz CT molecular complexity index is 393. The largest absolute Gasteiger partial charge is 0.346 e. The summed E-state index contributed by atoms with van der Waals surface area (Å²) in [6, 6.07) is 5.73. The number of nitrogens with zero attached hydrogens (tertiary/aromatic N) is 2. The molecule has 1 amide bonds. The van der Waals surface area contributed by atoms with Crippen molar-refractivity contribution in [1.82, 2.24) is 15.2 Å². The van der Waals surface area contributed by atoms with Crippen LogP contribution in [0.1, 0.15) is 16.9 Å². The Balaban J connectivity index is 1.65. The summed E-state index contributed by atoms with van der Waals surface area (Å²) in [6.45, 7) is 3.34. The van der Waals surface area contributed by atoms with Crippen molar-refractivity contribution in [3.05, 3.63) is 30.1 Å². The molecule has 3 atom stereocenters. The van der Waals surface area contributed by atoms with Crippen molar-refractivity contribution >= 4 is 5.91 Å². The number of pyridine rings is 1. The van der Waals surface area contributed by atoms with Crippen LogP contribution in [0.5, 0.6) is 0 Å². The molecule has 0 saturated carbocycles. The van der Waals surface area contributed by atoms with Crippen molar-refractivity contribution in [3.8, 4) is 0 Å². The van der Waals surface area contributed by atoms with Gasteiger partial charge in [0.1, 0.15) is 5.69 Å². The van der Waals surface area contributed by atoms with Crippen LogP contribution in [0, 0.1) is 5.92 Å². The molecule has 0 aliphatic carbocycles. The quantitative estimate of drug-likeness (QED) is 0.785. The lowest BCUT2D eigenvalue weighted by Gasteiger charge is -2.22. The van der Waals surface area contributed by atoms with Crippen LogP contribution < -0.4 is 5.32 Å². The first kappa shape index (κ1) is 9.78. The third-order valence-corrected chi connectivity index (χ3v) is 3.55. The minimum atomic E-state index is -0.0423. The van der Waals surface area contributed by atoms with Gasteiger partial charge in [-0.15, -0.1) is 0 Å². The van der Waals surface area contributed by atoms with Gasteiger partial charge in [0.05, 0.1) is 0 Å². The molecule has 0 radical (unpaired) electrons. The van der Waals surface area contributed by atoms with Gasteiger partial charge in [0, 0.05) is 25.3 Å². The molecule has 1 N–H and O–H groups in total. The Labute approximate surface area is 94.7 Å². The molecule has 0 spiro atoms. The van der Waals surface area contributed by atoms with E-state index in [1.54, 1.807) is 12.3 Å². The Kier molecular flexibility index (Phi) is 2.36. The highest BCUT2D eigenvalue weighted by molar-refractivity contribution is 5.92. The number of aromatic nitrogens is 1. The molecule has 84 valence electrons. The molecular formula is C12H15N3O. The molecule has 2 fully saturated rings. The first-order valence-electron chi connectivity index (χ1n) is 5.77. The molecule has 2 saturated heterocycles. The van der Waals surface area contributed by atoms with Crippen LogP contribution >= 0.6 is 0 Å². The van der Waals surface area contributed by atoms with Crippen LogP contribution in [0.4, 0.5) is 0 Å². The second-order valence-electron chi connectivity index (χ2n) is 4.60. The number of hydrogen-bond donors (Lipinski definition) is 1. The third kappa shape index (κ3) is 1.69. The highest BCUT2D eigenvalue weighted by Gasteiger charge is 2.38. The van der Waals surface area contributed by atoms with Gasteiger partial charge in [0.25, 0.3) is 5.91 Å². The van der Waals surface area contributed by atoms with Gasteiger partial charge in [0.2, 0.25) is 0 Å². The number of nitrogens with one attached hydrogen (secondary N) is 1. The minimum absolute atomic E-state index is 0.0423. The summed E-state index contributed by atoms with van der Waals surface area (Å²) in [5, 5.41) is 3.08. The van der Waals surface area contributed by atoms with E-state index < -0.39 is 0 Å². The molecule has 2 aliphatic heterocycles. The number of carbonyl (C=O) groups excluding carboxylic acids is 1. The van der Waals surface area contributed by atoms with Crippen molar-refractivity contribution in [2.24, 2.45) is 5.92 Å². The Morgan fingerprint density at radius 3 is 3.00 bits per heavy atom. The number of hydrogen-bond acceptors (Lipinski definition) is 3. The molecule has 4 nitrogen and oxygen atoms in total. The minimum Gasteiger partial charge on any atom is -0.346 e. The fourth-order valence-corrected chi connectivity index (χ4v) is 2.69. The zero-order chi connectivity index (χ0) is 11.0. The van der Waals surface area contributed by atoms with Crippen LogP contribution in [-0.4, -0.2) is 41.5 Å². The first-order valence-corrected chi connectivity index (χ1v) is 5.77. The highest BCUT2D eigenvalue weighted by Crippen LogP contribution is 2.27. The third-order valence-electron chi connectivity index (χ3n) is 3.55. The fourth-order valence-electron chi connectivity index (χ4n) is 2.69. The Morgan fingerprint density at radius 2 is 2.38 bits per heavy atom. The molecule has 2 bridgehead atoms. The van der Waals surface area contributed by atoms with Crippen LogP contribution in [0.25, 0.3) is 0 Å². The van der Waals surface area contributed by atoms with E-state index in [9.17, 15) is 4.79 Å². The molecule has 3 heterocycles. The summed E-state index contributed by atoms with van der Waals surface area (Å²) in [5.74, 6) is 0.604. The van der Waals surface area contributed by atoms with Gasteiger partial charge in [-0.3, -0.25) is 9.78 Å². The van der Waals surface area contributed by atoms with E-state index in [2.05, 4.69) is 15.2 Å². The predicted molar refractivity (Wildman–Crippen MR) is 60.0 cm³/mol. The molecule has 16 heavy (non-hydrogen) atoms. The van der Waals surface area contributed by atoms with Gasteiger partial charge in [-0.25, -0.2) is 0 Å². The monoisotopic (exact) mass is 217 g/mol. The van der Waals surface area contributed by atoms with Gasteiger partial charge < -0.3 is 10.2 Å². The fraction of sp³-hybridized carbons (Fsp3) is 0.500. The van der Waals surface area contributed by atoms with Crippen molar-refractivity contribution < 1.29 is 4.79 Å². The summed E-state index contributed by atoms with van der Waals surface area (Å²) in [5.41, 5.74) is 0.514. The molecule has 1 aromatic heterocycles. The smallest absolute Gasteiger partial charge is 0.270 e. The first-order chi connectivity index (χ1) is 7.83. The predicted octanol–water partition coefficient (Wildman–Crippen LogP) is 0.515. The summed E-state index contributed by atoms with van der Waals surface area (Å²) < 4.78 is 0. The number of rotatable bonds is 2. The average Bonchev–Trinajstić information content (AvgIpc) is 2.92. The topological polar surface area (TPSA) is 45.2 Å². The SMILES string of the molecule is O=C(NC1CN2CC[C@H]1C2)c1ccccn1. The van der Waals surface area contributed by atoms with E-state index in [1.165, 1.54) is 13.0 Å². The molecule has 3 rings (SSSR count). The Morgan fingerprint density at radius 1 is 1.44 bits per heavy atom. The summed E-state index contributed by atoms with van der Waals surface area (Å²) in [4.78, 5) is 18.4. The van der Waals surface area contributed by atoms with Crippen molar-refractivity contribution in [2.75, 3.05) is 19.6 Å². The van der Waals surface area contributed by atoms with Crippen LogP contribution in [0.15, 0.2) is 24.4 Å². The maximum absolute atomic E-state index is 11.9. The maximum Gasteiger partial charge on any atom is 0.270 e. The lowest BCUT2D eigenvalue weighted by atomic mass is 10.00. The van der Waals surface area contributed by atoms with Gasteiger partial charge in [-0.2, -0.15) is 0 Å². The van der Waals surface area contributed by atoms with Crippen LogP contribution in [-0.2, 0) is 0 Å². The van der Waals surface area contributed by atoms with E-state index >= 15 is 0 Å². The number of piperidine rings is 1. The van der Waals surface area contributed by atoms with Crippen molar-refractivity contribution in [2.45, 2.75) is 12.5 Å². The van der Waals surface area contributed by atoms with E-state index in [-0.39, 0.29) is 5.91 Å². The number of carbonyl (C=O) groups is 1. The number of amides is 1. The van der Waals surface area contributed by atoms with Crippen LogP contribution in [0.2, 0.25) is 0 Å². The molecule has 2 aliphatic rings. The molecule has 2 unspecified atom stereocenters. The van der Waals surface area contributed by atoms with Gasteiger partial charge in [-0.1, -0.05) is 6.07 Å². The highest BCUT2D eigenvalue weighted by atomic mass is 16.2. The lowest BCUT2D eigenvalue weighted by molar-refractivity contribution is 0.0919. The summed E-state index contributed by atoms with van der Waals surface area (Å²) in [6.07, 6.45) is 2.87. The Hall–Kier alpha value is -1.42. The molecule has 0 aromatic carbocycles. The molecule has 1 aromatic rings. The average molecular weight is 217 g/mol. The molecular weight excluding hydrogens is 202 g/mol. The second kappa shape index (κ2) is 3.87. The summed E-state index contributed by atoms with van der Waals surface area (Å²) >= 11 is 0. The van der Waals surface area contributed by atoms with Crippen molar-refractivity contribution in [3.63, 3.8) is 0 Å². The zero-order valence-electron chi connectivity index (χ0n) is 9.10. The summed E-state index contributed by atoms with van der Waals surface area (Å²) in [7, 11) is 0. The van der Waals surface area contributed by atoms with E-state index in [0.717, 1.165) is 13.1 Å².